The van der Waals surface area contributed by atoms with Gasteiger partial charge >= 0.3 is 0 Å². The van der Waals surface area contributed by atoms with Crippen LogP contribution in [0.25, 0.3) is 0 Å². The lowest BCUT2D eigenvalue weighted by molar-refractivity contribution is 0.733. The summed E-state index contributed by atoms with van der Waals surface area (Å²) in [4.78, 5) is 4.76. The van der Waals surface area contributed by atoms with Gasteiger partial charge in [-0.05, 0) is 29.3 Å². The summed E-state index contributed by atoms with van der Waals surface area (Å²) in [6, 6.07) is 15.0. The zero-order valence-corrected chi connectivity index (χ0v) is 13.8. The average molecular weight is 346 g/mol. The summed E-state index contributed by atoms with van der Waals surface area (Å²) >= 11 is 3.67. The van der Waals surface area contributed by atoms with Gasteiger partial charge in [-0.1, -0.05) is 40.2 Å². The molecule has 1 aliphatic heterocycles. The highest BCUT2D eigenvalue weighted by Gasteiger charge is 2.20. The van der Waals surface area contributed by atoms with E-state index in [-0.39, 0.29) is 0 Å². The summed E-state index contributed by atoms with van der Waals surface area (Å²) < 4.78 is 1.14. The minimum absolute atomic E-state index is 0.580. The number of likely N-dealkylation sites (N-methyl/N-ethyl adjacent to an activating group) is 1. The molecule has 0 saturated carbocycles. The highest BCUT2D eigenvalue weighted by Crippen LogP contribution is 2.33. The second-order valence-electron chi connectivity index (χ2n) is 5.46. The second kappa shape index (κ2) is 6.08. The molecular formula is C17H20BrN3. The van der Waals surface area contributed by atoms with Crippen LogP contribution in [-0.4, -0.2) is 20.1 Å². The lowest BCUT2D eigenvalue weighted by Crippen LogP contribution is -2.38. The van der Waals surface area contributed by atoms with Gasteiger partial charge in [0, 0.05) is 37.7 Å². The highest BCUT2D eigenvalue weighted by atomic mass is 79.9. The Kier molecular flexibility index (Phi) is 4.17. The maximum Gasteiger partial charge on any atom is 0.0607 e. The van der Waals surface area contributed by atoms with E-state index < -0.39 is 0 Å². The number of hydrogen-bond donors (Lipinski definition) is 1. The Bertz CT molecular complexity index is 642. The molecule has 0 saturated heterocycles. The Morgan fingerprint density at radius 3 is 2.57 bits per heavy atom. The number of nitrogens with two attached hydrogens (primary N) is 1. The van der Waals surface area contributed by atoms with E-state index in [4.69, 9.17) is 5.73 Å². The van der Waals surface area contributed by atoms with Crippen LogP contribution in [0.3, 0.4) is 0 Å². The van der Waals surface area contributed by atoms with Crippen molar-refractivity contribution in [3.05, 3.63) is 58.1 Å². The van der Waals surface area contributed by atoms with E-state index in [2.05, 4.69) is 75.2 Å². The monoisotopic (exact) mass is 345 g/mol. The molecule has 4 heteroatoms. The Labute approximate surface area is 134 Å². The fourth-order valence-electron chi connectivity index (χ4n) is 2.78. The van der Waals surface area contributed by atoms with Crippen molar-refractivity contribution in [2.75, 3.05) is 29.9 Å². The van der Waals surface area contributed by atoms with Crippen LogP contribution in [0.5, 0.6) is 0 Å². The van der Waals surface area contributed by atoms with Crippen molar-refractivity contribution in [3.63, 3.8) is 0 Å². The first kappa shape index (κ1) is 14.4. The number of rotatable bonds is 3. The van der Waals surface area contributed by atoms with Gasteiger partial charge in [0.1, 0.15) is 0 Å². The first-order valence-electron chi connectivity index (χ1n) is 7.21. The van der Waals surface area contributed by atoms with Gasteiger partial charge in [-0.25, -0.2) is 0 Å². The number of fused-ring (bicyclic) bond motifs is 1. The number of benzene rings is 2. The van der Waals surface area contributed by atoms with E-state index in [0.29, 0.717) is 6.54 Å². The summed E-state index contributed by atoms with van der Waals surface area (Å²) in [5, 5.41) is 0. The molecule has 3 rings (SSSR count). The molecule has 0 aromatic heterocycles. The van der Waals surface area contributed by atoms with E-state index in [1.807, 2.05) is 0 Å². The molecule has 0 spiro atoms. The zero-order chi connectivity index (χ0) is 14.8. The number of nitrogens with zero attached hydrogens (tertiary/aromatic N) is 2. The lowest BCUT2D eigenvalue weighted by Gasteiger charge is -2.37. The van der Waals surface area contributed by atoms with E-state index >= 15 is 0 Å². The second-order valence-corrected chi connectivity index (χ2v) is 6.32. The van der Waals surface area contributed by atoms with Crippen molar-refractivity contribution < 1.29 is 0 Å². The quantitative estimate of drug-likeness (QED) is 0.925. The molecule has 21 heavy (non-hydrogen) atoms. The minimum Gasteiger partial charge on any atom is -0.371 e. The fraction of sp³-hybridized carbons (Fsp3) is 0.294. The number of hydrogen-bond acceptors (Lipinski definition) is 3. The maximum atomic E-state index is 5.69. The van der Waals surface area contributed by atoms with Gasteiger partial charge in [-0.15, -0.1) is 0 Å². The zero-order valence-electron chi connectivity index (χ0n) is 12.2. The molecular weight excluding hydrogens is 326 g/mol. The molecule has 0 amide bonds. The topological polar surface area (TPSA) is 32.5 Å². The summed E-state index contributed by atoms with van der Waals surface area (Å²) in [5.74, 6) is 0. The molecule has 1 heterocycles. The van der Waals surface area contributed by atoms with Crippen molar-refractivity contribution in [2.24, 2.45) is 5.73 Å². The molecule has 0 unspecified atom stereocenters. The largest absolute Gasteiger partial charge is 0.371 e. The van der Waals surface area contributed by atoms with Gasteiger partial charge in [-0.2, -0.15) is 0 Å². The number of halogens is 1. The van der Waals surface area contributed by atoms with Crippen molar-refractivity contribution >= 4 is 27.3 Å². The summed E-state index contributed by atoms with van der Waals surface area (Å²) in [7, 11) is 2.15. The van der Waals surface area contributed by atoms with Crippen molar-refractivity contribution in [1.29, 1.82) is 0 Å². The predicted molar refractivity (Wildman–Crippen MR) is 92.8 cm³/mol. The fourth-order valence-corrected chi connectivity index (χ4v) is 3.33. The van der Waals surface area contributed by atoms with Gasteiger partial charge in [0.2, 0.25) is 0 Å². The molecule has 110 valence electrons. The third-order valence-electron chi connectivity index (χ3n) is 4.05. The standard InChI is InChI=1S/C17H20BrN3/c1-20-8-9-21(17-5-3-2-4-16(17)20)12-14-7-6-13(11-19)10-15(14)18/h2-7,10H,8-9,11-12,19H2,1H3. The van der Waals surface area contributed by atoms with Crippen molar-refractivity contribution in [3.8, 4) is 0 Å². The lowest BCUT2D eigenvalue weighted by atomic mass is 10.1. The number of para-hydroxylation sites is 2. The Morgan fingerprint density at radius 1 is 1.10 bits per heavy atom. The highest BCUT2D eigenvalue weighted by molar-refractivity contribution is 9.10. The molecule has 0 aliphatic carbocycles. The first-order chi connectivity index (χ1) is 10.2. The minimum atomic E-state index is 0.580. The molecule has 2 aromatic carbocycles. The van der Waals surface area contributed by atoms with Crippen LogP contribution in [0.15, 0.2) is 46.9 Å². The van der Waals surface area contributed by atoms with Crippen molar-refractivity contribution in [2.45, 2.75) is 13.1 Å². The van der Waals surface area contributed by atoms with Crippen LogP contribution in [-0.2, 0) is 13.1 Å². The van der Waals surface area contributed by atoms with Crippen LogP contribution in [0, 0.1) is 0 Å². The van der Waals surface area contributed by atoms with Gasteiger partial charge in [-0.3, -0.25) is 0 Å². The summed E-state index contributed by atoms with van der Waals surface area (Å²) in [6.45, 7) is 3.58. The van der Waals surface area contributed by atoms with Gasteiger partial charge in [0.25, 0.3) is 0 Å². The van der Waals surface area contributed by atoms with Crippen LogP contribution >= 0.6 is 15.9 Å². The third-order valence-corrected chi connectivity index (χ3v) is 4.79. The average Bonchev–Trinajstić information content (AvgIpc) is 2.52. The molecule has 1 aliphatic rings. The SMILES string of the molecule is CN1CCN(Cc2ccc(CN)cc2Br)c2ccccc21. The first-order valence-corrected chi connectivity index (χ1v) is 8.01. The summed E-state index contributed by atoms with van der Waals surface area (Å²) in [6.07, 6.45) is 0. The van der Waals surface area contributed by atoms with E-state index in [9.17, 15) is 0 Å². The van der Waals surface area contributed by atoms with Gasteiger partial charge < -0.3 is 15.5 Å². The van der Waals surface area contributed by atoms with Crippen LogP contribution in [0.4, 0.5) is 11.4 Å². The van der Waals surface area contributed by atoms with E-state index in [1.165, 1.54) is 16.9 Å². The molecule has 0 fully saturated rings. The van der Waals surface area contributed by atoms with Gasteiger partial charge in [0.15, 0.2) is 0 Å². The smallest absolute Gasteiger partial charge is 0.0607 e. The molecule has 0 atom stereocenters. The van der Waals surface area contributed by atoms with Crippen molar-refractivity contribution in [1.82, 2.24) is 0 Å². The van der Waals surface area contributed by atoms with Gasteiger partial charge in [0.05, 0.1) is 11.4 Å². The molecule has 3 nitrogen and oxygen atoms in total. The normalized spacial score (nSPS) is 14.2. The Morgan fingerprint density at radius 2 is 1.86 bits per heavy atom. The molecule has 2 N–H and O–H groups in total. The molecule has 0 radical (unpaired) electrons. The van der Waals surface area contributed by atoms with Crippen LogP contribution in [0.1, 0.15) is 11.1 Å². The molecule has 2 aromatic rings. The number of anilines is 2. The van der Waals surface area contributed by atoms with Crippen LogP contribution in [0.2, 0.25) is 0 Å². The maximum absolute atomic E-state index is 5.69. The predicted octanol–water partition coefficient (Wildman–Crippen LogP) is 3.36. The van der Waals surface area contributed by atoms with E-state index in [1.54, 1.807) is 0 Å². The Balaban J connectivity index is 1.88. The Hall–Kier alpha value is -1.52. The summed E-state index contributed by atoms with van der Waals surface area (Å²) in [5.41, 5.74) is 10.8. The third kappa shape index (κ3) is 2.92. The van der Waals surface area contributed by atoms with E-state index in [0.717, 1.165) is 29.7 Å². The van der Waals surface area contributed by atoms with Crippen LogP contribution < -0.4 is 15.5 Å². The molecule has 0 bridgehead atoms.